The van der Waals surface area contributed by atoms with E-state index in [4.69, 9.17) is 9.84 Å². The molecule has 2 aliphatic heterocycles. The van der Waals surface area contributed by atoms with E-state index < -0.39 is 35.8 Å². The van der Waals surface area contributed by atoms with E-state index in [9.17, 15) is 18.4 Å². The number of nitrogens with zero attached hydrogens (tertiary/aromatic N) is 2. The molecule has 1 aromatic rings. The van der Waals surface area contributed by atoms with Crippen molar-refractivity contribution in [2.45, 2.75) is 19.1 Å². The summed E-state index contributed by atoms with van der Waals surface area (Å²) in [5.74, 6) is -2.95. The molecule has 0 radical (unpaired) electrons. The first-order valence-corrected chi connectivity index (χ1v) is 7.02. The second-order valence-corrected chi connectivity index (χ2v) is 5.39. The minimum atomic E-state index is -1.38. The van der Waals surface area contributed by atoms with E-state index in [1.807, 2.05) is 0 Å². The van der Waals surface area contributed by atoms with Crippen molar-refractivity contribution in [2.24, 2.45) is 0 Å². The SMILES string of the molecule is CC1[C@H](C(=O)O)OC(=O)N1c1cc(F)c(N2CC=CC2)c(F)c1. The number of carboxylic acid groups (broad SMARTS) is 1. The maximum Gasteiger partial charge on any atom is 0.415 e. The summed E-state index contributed by atoms with van der Waals surface area (Å²) in [5.41, 5.74) is -0.245. The quantitative estimate of drug-likeness (QED) is 0.863. The Morgan fingerprint density at radius 1 is 1.26 bits per heavy atom. The van der Waals surface area contributed by atoms with Crippen molar-refractivity contribution in [1.82, 2.24) is 0 Å². The lowest BCUT2D eigenvalue weighted by Crippen LogP contribution is -2.37. The van der Waals surface area contributed by atoms with Crippen LogP contribution in [0.15, 0.2) is 24.3 Å². The molecule has 1 fully saturated rings. The Labute approximate surface area is 130 Å². The lowest BCUT2D eigenvalue weighted by atomic mass is 10.1. The molecule has 6 nitrogen and oxygen atoms in total. The maximum absolute atomic E-state index is 14.3. The number of carbonyl (C=O) groups excluding carboxylic acids is 1. The third-order valence-corrected chi connectivity index (χ3v) is 3.93. The van der Waals surface area contributed by atoms with Crippen molar-refractivity contribution in [1.29, 1.82) is 0 Å². The van der Waals surface area contributed by atoms with Crippen molar-refractivity contribution in [3.8, 4) is 0 Å². The summed E-state index contributed by atoms with van der Waals surface area (Å²) in [5, 5.41) is 9.00. The van der Waals surface area contributed by atoms with Gasteiger partial charge in [-0.3, -0.25) is 4.90 Å². The van der Waals surface area contributed by atoms with Crippen LogP contribution >= 0.6 is 0 Å². The molecular weight excluding hydrogens is 310 g/mol. The van der Waals surface area contributed by atoms with Crippen LogP contribution in [0.3, 0.4) is 0 Å². The highest BCUT2D eigenvalue weighted by Crippen LogP contribution is 2.33. The zero-order chi connectivity index (χ0) is 16.7. The Morgan fingerprint density at radius 3 is 2.30 bits per heavy atom. The topological polar surface area (TPSA) is 70.1 Å². The van der Waals surface area contributed by atoms with Gasteiger partial charge in [-0.05, 0) is 6.92 Å². The minimum absolute atomic E-state index is 0.0721. The van der Waals surface area contributed by atoms with E-state index in [0.717, 1.165) is 17.0 Å². The Hall–Kier alpha value is -2.64. The highest BCUT2D eigenvalue weighted by atomic mass is 19.1. The molecule has 1 saturated heterocycles. The van der Waals surface area contributed by atoms with Gasteiger partial charge in [0, 0.05) is 25.2 Å². The predicted molar refractivity (Wildman–Crippen MR) is 77.6 cm³/mol. The monoisotopic (exact) mass is 324 g/mol. The first-order valence-electron chi connectivity index (χ1n) is 7.02. The zero-order valence-corrected chi connectivity index (χ0v) is 12.2. The first kappa shape index (κ1) is 15.3. The number of rotatable bonds is 3. The second kappa shape index (κ2) is 5.53. The Balaban J connectivity index is 1.95. The van der Waals surface area contributed by atoms with Crippen molar-refractivity contribution in [3.63, 3.8) is 0 Å². The lowest BCUT2D eigenvalue weighted by Gasteiger charge is -2.23. The van der Waals surface area contributed by atoms with E-state index in [-0.39, 0.29) is 11.4 Å². The predicted octanol–water partition coefficient (Wildman–Crippen LogP) is 2.14. The molecule has 0 aliphatic carbocycles. The average molecular weight is 324 g/mol. The molecule has 122 valence electrons. The van der Waals surface area contributed by atoms with Crippen LogP contribution in [0.5, 0.6) is 0 Å². The summed E-state index contributed by atoms with van der Waals surface area (Å²) in [6, 6.07) is 1.15. The van der Waals surface area contributed by atoms with Crippen LogP contribution in [-0.2, 0) is 9.53 Å². The highest BCUT2D eigenvalue weighted by Gasteiger charge is 2.44. The van der Waals surface area contributed by atoms with Crippen LogP contribution in [0.2, 0.25) is 0 Å². The summed E-state index contributed by atoms with van der Waals surface area (Å²) in [6.07, 6.45) is 1.27. The van der Waals surface area contributed by atoms with Gasteiger partial charge in [0.25, 0.3) is 0 Å². The molecule has 0 saturated carbocycles. The number of aliphatic carboxylic acids is 1. The average Bonchev–Trinajstić information content (AvgIpc) is 3.06. The molecule has 1 unspecified atom stereocenters. The summed E-state index contributed by atoms with van der Waals surface area (Å²) in [4.78, 5) is 25.3. The number of carboxylic acids is 1. The van der Waals surface area contributed by atoms with Crippen LogP contribution in [0.25, 0.3) is 0 Å². The summed E-state index contributed by atoms with van der Waals surface area (Å²) < 4.78 is 33.4. The summed E-state index contributed by atoms with van der Waals surface area (Å²) in [6.45, 7) is 2.24. The molecule has 0 bridgehead atoms. The molecule has 2 atom stereocenters. The normalized spacial score (nSPS) is 23.5. The molecule has 8 heteroatoms. The standard InChI is InChI=1S/C15H14F2N2O4/c1-8-13(14(20)21)23-15(22)19(8)9-6-10(16)12(11(17)7-9)18-4-2-3-5-18/h2-3,6-8,13H,4-5H2,1H3,(H,20,21)/t8?,13-/m1/s1. The summed E-state index contributed by atoms with van der Waals surface area (Å²) in [7, 11) is 0. The van der Waals surface area contributed by atoms with Crippen molar-refractivity contribution in [3.05, 3.63) is 35.9 Å². The van der Waals surface area contributed by atoms with Crippen molar-refractivity contribution >= 4 is 23.4 Å². The number of amides is 1. The third-order valence-electron chi connectivity index (χ3n) is 3.93. The number of carbonyl (C=O) groups is 2. The number of benzene rings is 1. The fourth-order valence-corrected chi connectivity index (χ4v) is 2.82. The van der Waals surface area contributed by atoms with Gasteiger partial charge in [-0.25, -0.2) is 18.4 Å². The van der Waals surface area contributed by atoms with E-state index in [1.165, 1.54) is 11.8 Å². The minimum Gasteiger partial charge on any atom is -0.478 e. The largest absolute Gasteiger partial charge is 0.478 e. The van der Waals surface area contributed by atoms with Gasteiger partial charge >= 0.3 is 12.1 Å². The first-order chi connectivity index (χ1) is 10.9. The number of cyclic esters (lactones) is 1. The fraction of sp³-hybridized carbons (Fsp3) is 0.333. The Morgan fingerprint density at radius 2 is 1.83 bits per heavy atom. The molecule has 2 heterocycles. The van der Waals surface area contributed by atoms with E-state index in [1.54, 1.807) is 12.2 Å². The molecule has 1 N–H and O–H groups in total. The molecule has 2 aliphatic rings. The smallest absolute Gasteiger partial charge is 0.415 e. The number of anilines is 2. The van der Waals surface area contributed by atoms with E-state index >= 15 is 0 Å². The molecular formula is C15H14F2N2O4. The maximum atomic E-state index is 14.3. The summed E-state index contributed by atoms with van der Waals surface area (Å²) >= 11 is 0. The lowest BCUT2D eigenvalue weighted by molar-refractivity contribution is -0.145. The van der Waals surface area contributed by atoms with Gasteiger partial charge in [0.1, 0.15) is 5.69 Å². The van der Waals surface area contributed by atoms with Gasteiger partial charge in [-0.2, -0.15) is 0 Å². The van der Waals surface area contributed by atoms with Crippen LogP contribution < -0.4 is 9.80 Å². The van der Waals surface area contributed by atoms with Gasteiger partial charge in [0.15, 0.2) is 11.6 Å². The molecule has 1 aromatic carbocycles. The second-order valence-electron chi connectivity index (χ2n) is 5.39. The van der Waals surface area contributed by atoms with Gasteiger partial charge in [0.05, 0.1) is 11.7 Å². The Kier molecular flexibility index (Phi) is 3.67. The Bertz CT molecular complexity index is 676. The van der Waals surface area contributed by atoms with Crippen molar-refractivity contribution < 1.29 is 28.2 Å². The van der Waals surface area contributed by atoms with Gasteiger partial charge in [-0.1, -0.05) is 12.2 Å². The highest BCUT2D eigenvalue weighted by molar-refractivity contribution is 5.95. The zero-order valence-electron chi connectivity index (χ0n) is 12.2. The van der Waals surface area contributed by atoms with Gasteiger partial charge < -0.3 is 14.7 Å². The number of ether oxygens (including phenoxy) is 1. The number of halogens is 2. The van der Waals surface area contributed by atoms with E-state index in [2.05, 4.69) is 0 Å². The molecule has 1 amide bonds. The van der Waals surface area contributed by atoms with Crippen LogP contribution in [0, 0.1) is 11.6 Å². The molecule has 23 heavy (non-hydrogen) atoms. The fourth-order valence-electron chi connectivity index (χ4n) is 2.82. The molecule has 0 spiro atoms. The molecule has 0 aromatic heterocycles. The van der Waals surface area contributed by atoms with Crippen LogP contribution in [0.1, 0.15) is 6.92 Å². The van der Waals surface area contributed by atoms with E-state index in [0.29, 0.717) is 13.1 Å². The van der Waals surface area contributed by atoms with Crippen molar-refractivity contribution in [2.75, 3.05) is 22.9 Å². The molecule has 3 rings (SSSR count). The van der Waals surface area contributed by atoms with Crippen LogP contribution in [-0.4, -0.2) is 42.4 Å². The van der Waals surface area contributed by atoms with Gasteiger partial charge in [0.2, 0.25) is 6.10 Å². The van der Waals surface area contributed by atoms with Gasteiger partial charge in [-0.15, -0.1) is 0 Å². The number of hydrogen-bond acceptors (Lipinski definition) is 4. The third kappa shape index (κ3) is 2.49. The van der Waals surface area contributed by atoms with Crippen LogP contribution in [0.4, 0.5) is 25.0 Å². The number of hydrogen-bond donors (Lipinski definition) is 1.